The van der Waals surface area contributed by atoms with Gasteiger partial charge in [0.25, 0.3) is 0 Å². The molecule has 0 radical (unpaired) electrons. The van der Waals surface area contributed by atoms with E-state index < -0.39 is 5.97 Å². The van der Waals surface area contributed by atoms with Crippen molar-refractivity contribution in [1.82, 2.24) is 0 Å². The third kappa shape index (κ3) is 2.26. The summed E-state index contributed by atoms with van der Waals surface area (Å²) in [5.74, 6) is -0.916. The molecule has 2 nitrogen and oxygen atoms in total. The van der Waals surface area contributed by atoms with E-state index in [9.17, 15) is 4.79 Å². The maximum atomic E-state index is 10.5. The maximum Gasteiger partial charge on any atom is 1.00 e. The second kappa shape index (κ2) is 4.82. The van der Waals surface area contributed by atoms with Crippen molar-refractivity contribution < 1.29 is 30.2 Å². The molecular weight excluding hydrogens is 147 g/mol. The van der Waals surface area contributed by atoms with Crippen LogP contribution in [-0.4, -0.2) is 11.1 Å². The summed E-state index contributed by atoms with van der Waals surface area (Å²) in [4.78, 5) is 10.5. The third-order valence-corrected chi connectivity index (χ3v) is 1.41. The van der Waals surface area contributed by atoms with Gasteiger partial charge in [-0.2, -0.15) is 0 Å². The summed E-state index contributed by atoms with van der Waals surface area (Å²) in [6, 6.07) is 6.75. The average molecular weight is 156 g/mol. The van der Waals surface area contributed by atoms with Gasteiger partial charge in [-0.05, 0) is 11.6 Å². The number of aromatic carboxylic acids is 1. The van der Waals surface area contributed by atoms with Crippen molar-refractivity contribution in [3.63, 3.8) is 0 Å². The Morgan fingerprint density at radius 1 is 1.50 bits per heavy atom. The number of carboxylic acids is 1. The van der Waals surface area contributed by atoms with Crippen LogP contribution in [0.5, 0.6) is 0 Å². The van der Waals surface area contributed by atoms with Crippen molar-refractivity contribution in [2.24, 2.45) is 0 Å². The molecule has 1 N–H and O–H groups in total. The van der Waals surface area contributed by atoms with Gasteiger partial charge in [0.1, 0.15) is 0 Å². The van der Waals surface area contributed by atoms with E-state index in [0.29, 0.717) is 11.1 Å². The predicted octanol–water partition coefficient (Wildman–Crippen LogP) is -0.856. The van der Waals surface area contributed by atoms with Gasteiger partial charge >= 0.3 is 24.8 Å². The Kier molecular flexibility index (Phi) is 4.42. The number of hydrogen-bond acceptors (Lipinski definition) is 1. The van der Waals surface area contributed by atoms with E-state index >= 15 is 0 Å². The van der Waals surface area contributed by atoms with Gasteiger partial charge in [-0.1, -0.05) is 30.9 Å². The Hall–Kier alpha value is -0.973. The summed E-state index contributed by atoms with van der Waals surface area (Å²) in [6.45, 7) is 3.51. The van der Waals surface area contributed by atoms with E-state index in [-0.39, 0.29) is 20.3 Å². The van der Waals surface area contributed by atoms with Gasteiger partial charge in [0.15, 0.2) is 0 Å². The molecule has 0 bridgehead atoms. The van der Waals surface area contributed by atoms with Gasteiger partial charge in [0.05, 0.1) is 5.56 Å². The van der Waals surface area contributed by atoms with Crippen LogP contribution >= 0.6 is 0 Å². The van der Waals surface area contributed by atoms with Crippen LogP contribution < -0.4 is 18.9 Å². The Bertz CT molecular complexity index is 299. The first-order chi connectivity index (χ1) is 5.25. The summed E-state index contributed by atoms with van der Waals surface area (Å²) in [6.07, 6.45) is 1.53. The van der Waals surface area contributed by atoms with Crippen LogP contribution in [0.3, 0.4) is 0 Å². The minimum Gasteiger partial charge on any atom is -1.00 e. The van der Waals surface area contributed by atoms with E-state index in [2.05, 4.69) is 6.58 Å². The maximum absolute atomic E-state index is 10.5. The van der Waals surface area contributed by atoms with Crippen LogP contribution in [0.25, 0.3) is 6.08 Å². The number of carbonyl (C=O) groups is 1. The van der Waals surface area contributed by atoms with Crippen molar-refractivity contribution in [3.05, 3.63) is 42.0 Å². The summed E-state index contributed by atoms with van der Waals surface area (Å²) in [7, 11) is 0. The van der Waals surface area contributed by atoms with Crippen LogP contribution in [0.1, 0.15) is 17.3 Å². The molecule has 0 unspecified atom stereocenters. The summed E-state index contributed by atoms with van der Waals surface area (Å²) < 4.78 is 0. The number of rotatable bonds is 2. The van der Waals surface area contributed by atoms with E-state index in [1.54, 1.807) is 24.3 Å². The quantitative estimate of drug-likeness (QED) is 0.566. The molecule has 1 aromatic rings. The second-order valence-corrected chi connectivity index (χ2v) is 2.10. The van der Waals surface area contributed by atoms with Crippen LogP contribution in [0.2, 0.25) is 0 Å². The van der Waals surface area contributed by atoms with E-state index in [4.69, 9.17) is 5.11 Å². The standard InChI is InChI=1S/C9H8O2.Li.H/c1-2-7-5-3-4-6-8(7)9(10)11;;/h2-6H,1H2,(H,10,11);;/q;+1;-1. The number of carboxylic acid groups (broad SMARTS) is 1. The third-order valence-electron chi connectivity index (χ3n) is 1.41. The average Bonchev–Trinajstić information content (AvgIpc) is 2.04. The van der Waals surface area contributed by atoms with Crippen molar-refractivity contribution >= 4 is 12.0 Å². The van der Waals surface area contributed by atoms with Crippen molar-refractivity contribution in [2.75, 3.05) is 0 Å². The van der Waals surface area contributed by atoms with Crippen molar-refractivity contribution in [1.29, 1.82) is 0 Å². The molecule has 3 heteroatoms. The van der Waals surface area contributed by atoms with Gasteiger partial charge in [-0.3, -0.25) is 0 Å². The largest absolute Gasteiger partial charge is 1.00 e. The fourth-order valence-corrected chi connectivity index (χ4v) is 0.870. The minimum absolute atomic E-state index is 0. The molecule has 0 saturated carbocycles. The number of benzene rings is 1. The van der Waals surface area contributed by atoms with Crippen molar-refractivity contribution in [3.8, 4) is 0 Å². The van der Waals surface area contributed by atoms with Crippen molar-refractivity contribution in [2.45, 2.75) is 0 Å². The summed E-state index contributed by atoms with van der Waals surface area (Å²) in [5.41, 5.74) is 0.947. The summed E-state index contributed by atoms with van der Waals surface area (Å²) in [5, 5.41) is 8.65. The molecule has 0 aromatic heterocycles. The Balaban J connectivity index is 0. The zero-order valence-electron chi connectivity index (χ0n) is 7.95. The van der Waals surface area contributed by atoms with Gasteiger partial charge in [0, 0.05) is 0 Å². The minimum atomic E-state index is -0.916. The zero-order valence-corrected chi connectivity index (χ0v) is 6.95. The molecule has 0 aliphatic heterocycles. The molecule has 12 heavy (non-hydrogen) atoms. The molecule has 0 fully saturated rings. The Labute approximate surface area is 84.6 Å². The topological polar surface area (TPSA) is 37.3 Å². The first kappa shape index (κ1) is 11.0. The smallest absolute Gasteiger partial charge is 1.00 e. The van der Waals surface area contributed by atoms with Gasteiger partial charge in [-0.15, -0.1) is 0 Å². The predicted molar refractivity (Wildman–Crippen MR) is 44.6 cm³/mol. The summed E-state index contributed by atoms with van der Waals surface area (Å²) >= 11 is 0. The van der Waals surface area contributed by atoms with Crippen LogP contribution in [0, 0.1) is 0 Å². The van der Waals surface area contributed by atoms with E-state index in [0.717, 1.165) is 0 Å². The second-order valence-electron chi connectivity index (χ2n) is 2.10. The van der Waals surface area contributed by atoms with E-state index in [1.807, 2.05) is 0 Å². The Morgan fingerprint density at radius 2 is 2.08 bits per heavy atom. The van der Waals surface area contributed by atoms with Crippen LogP contribution in [-0.2, 0) is 0 Å². The number of hydrogen-bond donors (Lipinski definition) is 1. The van der Waals surface area contributed by atoms with Gasteiger partial charge < -0.3 is 6.53 Å². The van der Waals surface area contributed by atoms with Gasteiger partial charge in [0.2, 0.25) is 0 Å². The molecule has 0 amide bonds. The van der Waals surface area contributed by atoms with E-state index in [1.165, 1.54) is 6.08 Å². The molecule has 0 atom stereocenters. The first-order valence-corrected chi connectivity index (χ1v) is 3.20. The SMILES string of the molecule is C=Cc1ccccc1C(=O)O.[H-].[Li+]. The molecule has 0 heterocycles. The Morgan fingerprint density at radius 3 is 2.50 bits per heavy atom. The fourth-order valence-electron chi connectivity index (χ4n) is 0.870. The van der Waals surface area contributed by atoms with Crippen LogP contribution in [0.15, 0.2) is 30.8 Å². The van der Waals surface area contributed by atoms with Gasteiger partial charge in [-0.25, -0.2) is 4.79 Å². The molecule has 58 valence electrons. The molecule has 0 aliphatic rings. The molecule has 0 spiro atoms. The van der Waals surface area contributed by atoms with Crippen LogP contribution in [0.4, 0.5) is 0 Å². The molecule has 0 saturated heterocycles. The normalized spacial score (nSPS) is 8.33. The first-order valence-electron chi connectivity index (χ1n) is 3.20. The molecule has 1 aromatic carbocycles. The molecule has 0 aliphatic carbocycles. The molecule has 1 rings (SSSR count). The molecular formula is C9H9LiO2. The monoisotopic (exact) mass is 156 g/mol. The zero-order chi connectivity index (χ0) is 8.27. The fraction of sp³-hybridized carbons (Fsp3) is 0.